The molecule has 0 saturated carbocycles. The lowest BCUT2D eigenvalue weighted by Gasteiger charge is -2.23. The third-order valence-electron chi connectivity index (χ3n) is 3.35. The second kappa shape index (κ2) is 6.17. The zero-order valence-electron chi connectivity index (χ0n) is 13.6. The van der Waals surface area contributed by atoms with Crippen LogP contribution in [0.15, 0.2) is 17.0 Å². The minimum Gasteiger partial charge on any atom is -0.207 e. The second-order valence-corrected chi connectivity index (χ2v) is 8.22. The van der Waals surface area contributed by atoms with Gasteiger partial charge in [-0.2, -0.15) is 5.26 Å². The van der Waals surface area contributed by atoms with Gasteiger partial charge in [-0.05, 0) is 42.9 Å². The van der Waals surface area contributed by atoms with E-state index in [-0.39, 0.29) is 11.8 Å². The molecule has 5 heteroatoms. The standard InChI is InChI=1S/C16H24N2O2S/c1-11-9-14(16(4,5)6)10-12(2)15(11)21(19,20)18-13(3)7-8-17/h9-10,13,18H,7H2,1-6H3/t13-/m1/s1. The molecule has 0 aliphatic carbocycles. The first-order valence-corrected chi connectivity index (χ1v) is 8.48. The van der Waals surface area contributed by atoms with Gasteiger partial charge in [-0.3, -0.25) is 0 Å². The van der Waals surface area contributed by atoms with Gasteiger partial charge in [-0.25, -0.2) is 13.1 Å². The average Bonchev–Trinajstić information content (AvgIpc) is 2.25. The van der Waals surface area contributed by atoms with E-state index in [1.807, 2.05) is 32.0 Å². The molecule has 0 spiro atoms. The molecule has 0 bridgehead atoms. The fraction of sp³-hybridized carbons (Fsp3) is 0.562. The Kier molecular flexibility index (Phi) is 5.19. The SMILES string of the molecule is Cc1cc(C(C)(C)C)cc(C)c1S(=O)(=O)N[C@H](C)CC#N. The molecule has 0 amide bonds. The predicted molar refractivity (Wildman–Crippen MR) is 84.6 cm³/mol. The van der Waals surface area contributed by atoms with Gasteiger partial charge in [0, 0.05) is 6.04 Å². The maximum absolute atomic E-state index is 12.5. The monoisotopic (exact) mass is 308 g/mol. The van der Waals surface area contributed by atoms with Gasteiger partial charge in [0.25, 0.3) is 0 Å². The number of nitrogens with one attached hydrogen (secondary N) is 1. The molecule has 0 aliphatic rings. The van der Waals surface area contributed by atoms with Gasteiger partial charge in [0.15, 0.2) is 0 Å². The Labute approximate surface area is 128 Å². The van der Waals surface area contributed by atoms with E-state index in [4.69, 9.17) is 5.26 Å². The van der Waals surface area contributed by atoms with E-state index in [9.17, 15) is 8.42 Å². The van der Waals surface area contributed by atoms with Crippen molar-refractivity contribution in [3.63, 3.8) is 0 Å². The van der Waals surface area contributed by atoms with E-state index in [1.165, 1.54) is 0 Å². The fourth-order valence-corrected chi connectivity index (χ4v) is 4.01. The van der Waals surface area contributed by atoms with Gasteiger partial charge in [0.2, 0.25) is 10.0 Å². The van der Waals surface area contributed by atoms with E-state index in [2.05, 4.69) is 25.5 Å². The minimum atomic E-state index is -3.61. The summed E-state index contributed by atoms with van der Waals surface area (Å²) in [6.45, 7) is 11.6. The fourth-order valence-electron chi connectivity index (χ4n) is 2.31. The molecular formula is C16H24N2O2S. The summed E-state index contributed by atoms with van der Waals surface area (Å²) in [4.78, 5) is 0.320. The highest BCUT2D eigenvalue weighted by Crippen LogP contribution is 2.29. The van der Waals surface area contributed by atoms with E-state index in [0.717, 1.165) is 16.7 Å². The Hall–Kier alpha value is -1.38. The molecule has 0 aromatic heterocycles. The third-order valence-corrected chi connectivity index (χ3v) is 5.24. The number of sulfonamides is 1. The highest BCUT2D eigenvalue weighted by atomic mass is 32.2. The summed E-state index contributed by atoms with van der Waals surface area (Å²) in [7, 11) is -3.61. The van der Waals surface area contributed by atoms with Gasteiger partial charge in [0.1, 0.15) is 0 Å². The van der Waals surface area contributed by atoms with Crippen molar-refractivity contribution in [3.05, 3.63) is 28.8 Å². The van der Waals surface area contributed by atoms with Crippen molar-refractivity contribution in [3.8, 4) is 6.07 Å². The maximum atomic E-state index is 12.5. The first-order chi connectivity index (χ1) is 9.49. The molecular weight excluding hydrogens is 284 g/mol. The molecule has 1 rings (SSSR count). The van der Waals surface area contributed by atoms with E-state index in [1.54, 1.807) is 6.92 Å². The smallest absolute Gasteiger partial charge is 0.207 e. The summed E-state index contributed by atoms with van der Waals surface area (Å²) in [5, 5.41) is 8.65. The Morgan fingerprint density at radius 3 is 2.10 bits per heavy atom. The number of hydrogen-bond acceptors (Lipinski definition) is 3. The average molecular weight is 308 g/mol. The Morgan fingerprint density at radius 2 is 1.71 bits per heavy atom. The minimum absolute atomic E-state index is 0.0284. The van der Waals surface area contributed by atoms with Gasteiger partial charge < -0.3 is 0 Å². The normalized spacial score (nSPS) is 13.8. The summed E-state index contributed by atoms with van der Waals surface area (Å²) in [6, 6.07) is 5.43. The van der Waals surface area contributed by atoms with Crippen LogP contribution in [0, 0.1) is 25.2 Å². The highest BCUT2D eigenvalue weighted by molar-refractivity contribution is 7.89. The van der Waals surface area contributed by atoms with Gasteiger partial charge in [-0.1, -0.05) is 32.9 Å². The molecule has 1 aromatic rings. The molecule has 4 nitrogen and oxygen atoms in total. The van der Waals surface area contributed by atoms with Crippen molar-refractivity contribution in [1.82, 2.24) is 4.72 Å². The van der Waals surface area contributed by atoms with Crippen LogP contribution >= 0.6 is 0 Å². The van der Waals surface area contributed by atoms with Crippen LogP contribution in [0.5, 0.6) is 0 Å². The van der Waals surface area contributed by atoms with E-state index >= 15 is 0 Å². The largest absolute Gasteiger partial charge is 0.241 e. The lowest BCUT2D eigenvalue weighted by Crippen LogP contribution is -2.33. The van der Waals surface area contributed by atoms with Gasteiger partial charge >= 0.3 is 0 Å². The molecule has 116 valence electrons. The quantitative estimate of drug-likeness (QED) is 0.928. The highest BCUT2D eigenvalue weighted by Gasteiger charge is 2.24. The lowest BCUT2D eigenvalue weighted by molar-refractivity contribution is 0.560. The second-order valence-electron chi connectivity index (χ2n) is 6.57. The molecule has 1 atom stereocenters. The van der Waals surface area contributed by atoms with Crippen molar-refractivity contribution >= 4 is 10.0 Å². The number of aryl methyl sites for hydroxylation is 2. The number of benzene rings is 1. The van der Waals surface area contributed by atoms with Gasteiger partial charge in [-0.15, -0.1) is 0 Å². The van der Waals surface area contributed by atoms with Crippen LogP contribution in [0.4, 0.5) is 0 Å². The molecule has 0 fully saturated rings. The van der Waals surface area contributed by atoms with Crippen molar-refractivity contribution in [2.24, 2.45) is 0 Å². The third kappa shape index (κ3) is 4.29. The van der Waals surface area contributed by atoms with Crippen molar-refractivity contribution in [2.75, 3.05) is 0 Å². The van der Waals surface area contributed by atoms with Crippen LogP contribution in [-0.2, 0) is 15.4 Å². The van der Waals surface area contributed by atoms with Crippen LogP contribution in [0.2, 0.25) is 0 Å². The lowest BCUT2D eigenvalue weighted by atomic mass is 9.85. The Bertz CT molecular complexity index is 641. The zero-order valence-corrected chi connectivity index (χ0v) is 14.4. The van der Waals surface area contributed by atoms with E-state index in [0.29, 0.717) is 4.90 Å². The van der Waals surface area contributed by atoms with Crippen molar-refractivity contribution < 1.29 is 8.42 Å². The molecule has 0 heterocycles. The molecule has 1 N–H and O–H groups in total. The number of rotatable bonds is 4. The number of hydrogen-bond donors (Lipinski definition) is 1. The first-order valence-electron chi connectivity index (χ1n) is 7.00. The summed E-state index contributed by atoms with van der Waals surface area (Å²) < 4.78 is 27.6. The summed E-state index contributed by atoms with van der Waals surface area (Å²) >= 11 is 0. The van der Waals surface area contributed by atoms with Crippen molar-refractivity contribution in [2.45, 2.75) is 64.3 Å². The van der Waals surface area contributed by atoms with E-state index < -0.39 is 16.1 Å². The molecule has 0 unspecified atom stereocenters. The number of nitrogens with zero attached hydrogens (tertiary/aromatic N) is 1. The Morgan fingerprint density at radius 1 is 1.24 bits per heavy atom. The topological polar surface area (TPSA) is 70.0 Å². The summed E-state index contributed by atoms with van der Waals surface area (Å²) in [6.07, 6.45) is 0.150. The first kappa shape index (κ1) is 17.7. The van der Waals surface area contributed by atoms with Crippen molar-refractivity contribution in [1.29, 1.82) is 5.26 Å². The van der Waals surface area contributed by atoms with Crippen LogP contribution in [0.25, 0.3) is 0 Å². The summed E-state index contributed by atoms with van der Waals surface area (Å²) in [5.41, 5.74) is 2.55. The zero-order chi connectivity index (χ0) is 16.4. The van der Waals surface area contributed by atoms with Crippen LogP contribution in [0.3, 0.4) is 0 Å². The molecule has 1 aromatic carbocycles. The molecule has 0 saturated heterocycles. The molecule has 21 heavy (non-hydrogen) atoms. The summed E-state index contributed by atoms with van der Waals surface area (Å²) in [5.74, 6) is 0. The van der Waals surface area contributed by atoms with Crippen LogP contribution in [-0.4, -0.2) is 14.5 Å². The Balaban J connectivity index is 3.29. The maximum Gasteiger partial charge on any atom is 0.241 e. The van der Waals surface area contributed by atoms with Crippen LogP contribution < -0.4 is 4.72 Å². The number of nitriles is 1. The predicted octanol–water partition coefficient (Wildman–Crippen LogP) is 3.18. The van der Waals surface area contributed by atoms with Crippen LogP contribution in [0.1, 0.15) is 50.8 Å². The molecule has 0 aliphatic heterocycles. The molecule has 0 radical (unpaired) electrons. The van der Waals surface area contributed by atoms with Gasteiger partial charge in [0.05, 0.1) is 17.4 Å².